The molecule has 0 N–H and O–H groups in total. The fourth-order valence-electron chi connectivity index (χ4n) is 4.23. The first-order chi connectivity index (χ1) is 10.8. The maximum atomic E-state index is 9.89. The predicted molar refractivity (Wildman–Crippen MR) is 91.5 cm³/mol. The van der Waals surface area contributed by atoms with Crippen molar-refractivity contribution in [2.45, 2.75) is 38.6 Å². The predicted octanol–water partition coefficient (Wildman–Crippen LogP) is 4.71. The van der Waals surface area contributed by atoms with E-state index in [4.69, 9.17) is 0 Å². The van der Waals surface area contributed by atoms with E-state index in [2.05, 4.69) is 49.2 Å². The van der Waals surface area contributed by atoms with Gasteiger partial charge in [-0.2, -0.15) is 5.26 Å². The Kier molecular flexibility index (Phi) is 4.34. The van der Waals surface area contributed by atoms with Gasteiger partial charge in [-0.3, -0.25) is 0 Å². The van der Waals surface area contributed by atoms with Gasteiger partial charge in [-0.1, -0.05) is 41.5 Å². The molecule has 1 aromatic carbocycles. The molecule has 0 unspecified atom stereocenters. The van der Waals surface area contributed by atoms with Crippen molar-refractivity contribution in [1.29, 1.82) is 5.26 Å². The molecule has 114 valence electrons. The average Bonchev–Trinajstić information content (AvgIpc) is 3.12. The highest BCUT2D eigenvalue weighted by Gasteiger charge is 2.41. The number of rotatable bonds is 4. The second kappa shape index (κ2) is 6.40. The Labute approximate surface area is 133 Å². The zero-order valence-corrected chi connectivity index (χ0v) is 13.5. The van der Waals surface area contributed by atoms with Gasteiger partial charge in [0.2, 0.25) is 0 Å². The number of anilines is 1. The van der Waals surface area contributed by atoms with Gasteiger partial charge < -0.3 is 4.90 Å². The maximum absolute atomic E-state index is 9.89. The van der Waals surface area contributed by atoms with Crippen LogP contribution in [0, 0.1) is 23.2 Å². The first kappa shape index (κ1) is 14.9. The van der Waals surface area contributed by atoms with Crippen LogP contribution in [0.15, 0.2) is 53.6 Å². The standard InChI is InChI=1S/C20H24N2/c1-3-8-16-13-15-9-7-12-18(15)20(16)19(14-21)22(2)17-10-5-4-6-11-17/h3-6,8,10-11,16,19-20H,7,9,12-13H2,1-2H3/b8-3+/t16-,19-,20+/m1/s1. The van der Waals surface area contributed by atoms with Gasteiger partial charge in [-0.05, 0) is 50.7 Å². The third kappa shape index (κ3) is 2.57. The molecule has 0 saturated heterocycles. The summed E-state index contributed by atoms with van der Waals surface area (Å²) in [6, 6.07) is 12.8. The second-order valence-corrected chi connectivity index (χ2v) is 6.42. The highest BCUT2D eigenvalue weighted by molar-refractivity contribution is 5.49. The van der Waals surface area contributed by atoms with E-state index in [0.717, 1.165) is 12.1 Å². The minimum atomic E-state index is -0.0887. The molecule has 0 bridgehead atoms. The van der Waals surface area contributed by atoms with Crippen LogP contribution in [0.2, 0.25) is 0 Å². The zero-order valence-electron chi connectivity index (χ0n) is 13.5. The first-order valence-electron chi connectivity index (χ1n) is 8.27. The molecule has 0 aliphatic heterocycles. The lowest BCUT2D eigenvalue weighted by Gasteiger charge is -2.33. The lowest BCUT2D eigenvalue weighted by Crippen LogP contribution is -2.39. The minimum Gasteiger partial charge on any atom is -0.358 e. The van der Waals surface area contributed by atoms with E-state index < -0.39 is 0 Å². The van der Waals surface area contributed by atoms with Crippen LogP contribution < -0.4 is 4.90 Å². The number of para-hydroxylation sites is 1. The third-order valence-electron chi connectivity index (χ3n) is 5.22. The summed E-state index contributed by atoms with van der Waals surface area (Å²) in [7, 11) is 2.06. The van der Waals surface area contributed by atoms with Gasteiger partial charge in [0.05, 0.1) is 6.07 Å². The molecule has 3 rings (SSSR count). The number of benzene rings is 1. The summed E-state index contributed by atoms with van der Waals surface area (Å²) in [5.74, 6) is 0.843. The molecule has 0 amide bonds. The number of hydrogen-bond donors (Lipinski definition) is 0. The molecule has 0 spiro atoms. The van der Waals surface area contributed by atoms with E-state index in [1.807, 2.05) is 18.2 Å². The zero-order chi connectivity index (χ0) is 15.5. The van der Waals surface area contributed by atoms with Gasteiger partial charge >= 0.3 is 0 Å². The normalized spacial score (nSPS) is 25.3. The van der Waals surface area contributed by atoms with Crippen LogP contribution in [0.25, 0.3) is 0 Å². The smallest absolute Gasteiger partial charge is 0.123 e. The lowest BCUT2D eigenvalue weighted by atomic mass is 9.82. The first-order valence-corrected chi connectivity index (χ1v) is 8.27. The molecule has 0 aromatic heterocycles. The van der Waals surface area contributed by atoms with Gasteiger partial charge in [0.25, 0.3) is 0 Å². The van der Waals surface area contributed by atoms with Crippen LogP contribution in [-0.2, 0) is 0 Å². The Balaban J connectivity index is 1.92. The van der Waals surface area contributed by atoms with E-state index in [-0.39, 0.29) is 6.04 Å². The number of nitriles is 1. The molecule has 0 radical (unpaired) electrons. The Morgan fingerprint density at radius 2 is 2.05 bits per heavy atom. The Bertz CT molecular complexity index is 621. The topological polar surface area (TPSA) is 27.0 Å². The van der Waals surface area contributed by atoms with Gasteiger partial charge in [-0.15, -0.1) is 0 Å². The van der Waals surface area contributed by atoms with Gasteiger partial charge in [0.15, 0.2) is 0 Å². The monoisotopic (exact) mass is 292 g/mol. The van der Waals surface area contributed by atoms with Crippen molar-refractivity contribution >= 4 is 5.69 Å². The number of hydrogen-bond acceptors (Lipinski definition) is 2. The van der Waals surface area contributed by atoms with E-state index in [9.17, 15) is 5.26 Å². The van der Waals surface area contributed by atoms with Crippen LogP contribution in [0.5, 0.6) is 0 Å². The molecule has 2 aliphatic carbocycles. The summed E-state index contributed by atoms with van der Waals surface area (Å²) in [5, 5.41) is 9.89. The summed E-state index contributed by atoms with van der Waals surface area (Å²) in [4.78, 5) is 2.16. The summed E-state index contributed by atoms with van der Waals surface area (Å²) < 4.78 is 0. The van der Waals surface area contributed by atoms with Crippen molar-refractivity contribution in [3.05, 3.63) is 53.6 Å². The van der Waals surface area contributed by atoms with Crippen LogP contribution in [0.1, 0.15) is 32.6 Å². The van der Waals surface area contributed by atoms with Gasteiger partial charge in [-0.25, -0.2) is 0 Å². The molecule has 2 heteroatoms. The minimum absolute atomic E-state index is 0.0887. The summed E-state index contributed by atoms with van der Waals surface area (Å²) in [5.41, 5.74) is 4.34. The fourth-order valence-corrected chi connectivity index (χ4v) is 4.23. The second-order valence-electron chi connectivity index (χ2n) is 6.42. The van der Waals surface area contributed by atoms with E-state index in [1.54, 1.807) is 11.1 Å². The van der Waals surface area contributed by atoms with E-state index >= 15 is 0 Å². The van der Waals surface area contributed by atoms with Gasteiger partial charge in [0.1, 0.15) is 6.04 Å². The Hall–Kier alpha value is -2.01. The van der Waals surface area contributed by atoms with Crippen molar-refractivity contribution in [3.8, 4) is 6.07 Å². The molecule has 0 heterocycles. The largest absolute Gasteiger partial charge is 0.358 e. The third-order valence-corrected chi connectivity index (χ3v) is 5.22. The highest BCUT2D eigenvalue weighted by Crippen LogP contribution is 2.48. The maximum Gasteiger partial charge on any atom is 0.123 e. The van der Waals surface area contributed by atoms with Crippen LogP contribution in [-0.4, -0.2) is 13.1 Å². The molecule has 3 atom stereocenters. The molecule has 2 aliphatic rings. The van der Waals surface area contributed by atoms with E-state index in [1.165, 1.54) is 19.3 Å². The SMILES string of the molecule is C/C=C/[C@@H]1CC2=C(CCC2)[C@H]1[C@@H](C#N)N(C)c1ccccc1. The lowest BCUT2D eigenvalue weighted by molar-refractivity contribution is 0.426. The van der Waals surface area contributed by atoms with Crippen LogP contribution in [0.3, 0.4) is 0 Å². The van der Waals surface area contributed by atoms with Crippen LogP contribution in [0.4, 0.5) is 5.69 Å². The van der Waals surface area contributed by atoms with Crippen molar-refractivity contribution in [2.75, 3.05) is 11.9 Å². The number of nitrogens with zero attached hydrogens (tertiary/aromatic N) is 2. The summed E-state index contributed by atoms with van der Waals surface area (Å²) >= 11 is 0. The quantitative estimate of drug-likeness (QED) is 0.752. The molecule has 0 saturated carbocycles. The fraction of sp³-hybridized carbons (Fsp3) is 0.450. The summed E-state index contributed by atoms with van der Waals surface area (Å²) in [6.45, 7) is 2.09. The van der Waals surface area contributed by atoms with Crippen LogP contribution >= 0.6 is 0 Å². The van der Waals surface area contributed by atoms with Gasteiger partial charge in [0, 0.05) is 18.7 Å². The number of allylic oxidation sites excluding steroid dienone is 3. The molecular formula is C20H24N2. The molecule has 0 fully saturated rings. The highest BCUT2D eigenvalue weighted by atomic mass is 15.1. The Morgan fingerprint density at radius 3 is 2.73 bits per heavy atom. The summed E-state index contributed by atoms with van der Waals surface area (Å²) in [6.07, 6.45) is 9.33. The molecule has 2 nitrogen and oxygen atoms in total. The van der Waals surface area contributed by atoms with Crippen molar-refractivity contribution < 1.29 is 0 Å². The van der Waals surface area contributed by atoms with Crippen molar-refractivity contribution in [2.24, 2.45) is 11.8 Å². The van der Waals surface area contributed by atoms with Crippen molar-refractivity contribution in [3.63, 3.8) is 0 Å². The molecule has 1 aromatic rings. The van der Waals surface area contributed by atoms with Crippen molar-refractivity contribution in [1.82, 2.24) is 0 Å². The van der Waals surface area contributed by atoms with E-state index in [0.29, 0.717) is 11.8 Å². The average molecular weight is 292 g/mol. The molecule has 22 heavy (non-hydrogen) atoms. The Morgan fingerprint density at radius 1 is 1.27 bits per heavy atom. The molecular weight excluding hydrogens is 268 g/mol.